The van der Waals surface area contributed by atoms with Crippen molar-refractivity contribution in [2.75, 3.05) is 11.9 Å². The molecule has 32 heavy (non-hydrogen) atoms. The molecule has 0 radical (unpaired) electrons. The second kappa shape index (κ2) is 8.94. The molecule has 1 saturated heterocycles. The average molecular weight is 443 g/mol. The van der Waals surface area contributed by atoms with E-state index in [0.717, 1.165) is 23.3 Å². The number of hydrogen-bond acceptors (Lipinski definition) is 4. The quantitative estimate of drug-likeness (QED) is 0.639. The number of halogens is 2. The molecule has 2 fully saturated rings. The molecule has 0 atom stereocenters. The molecule has 1 saturated carbocycles. The van der Waals surface area contributed by atoms with Gasteiger partial charge in [-0.3, -0.25) is 14.5 Å². The molecule has 1 spiro atoms. The van der Waals surface area contributed by atoms with E-state index in [9.17, 15) is 23.2 Å². The van der Waals surface area contributed by atoms with Crippen molar-refractivity contribution >= 4 is 23.5 Å². The minimum atomic E-state index is -2.98. The first-order valence-electron chi connectivity index (χ1n) is 10.4. The van der Waals surface area contributed by atoms with Crippen LogP contribution in [0, 0.1) is 0 Å². The number of anilines is 1. The third-order valence-electron chi connectivity index (χ3n) is 5.80. The molecule has 4 rings (SSSR count). The summed E-state index contributed by atoms with van der Waals surface area (Å²) in [5.41, 5.74) is 0.824. The maximum Gasteiger partial charge on any atom is 0.387 e. The van der Waals surface area contributed by atoms with Crippen LogP contribution in [-0.4, -0.2) is 41.4 Å². The average Bonchev–Trinajstić information content (AvgIpc) is 3.31. The highest BCUT2D eigenvalue weighted by Gasteiger charge is 2.52. The Morgan fingerprint density at radius 2 is 1.84 bits per heavy atom. The summed E-state index contributed by atoms with van der Waals surface area (Å²) in [7, 11) is 0. The molecular weight excluding hydrogens is 420 g/mol. The summed E-state index contributed by atoms with van der Waals surface area (Å²) in [5, 5.41) is 5.37. The van der Waals surface area contributed by atoms with E-state index in [0.29, 0.717) is 30.5 Å². The Bertz CT molecular complexity index is 1020. The van der Waals surface area contributed by atoms with E-state index >= 15 is 0 Å². The number of carbonyl (C=O) groups is 3. The molecule has 1 aliphatic carbocycles. The molecule has 1 heterocycles. The van der Waals surface area contributed by atoms with E-state index in [-0.39, 0.29) is 11.7 Å². The molecule has 0 unspecified atom stereocenters. The van der Waals surface area contributed by atoms with Gasteiger partial charge in [-0.1, -0.05) is 43.2 Å². The number of amides is 4. The van der Waals surface area contributed by atoms with Crippen molar-refractivity contribution in [2.45, 2.75) is 44.3 Å². The van der Waals surface area contributed by atoms with Gasteiger partial charge in [0.25, 0.3) is 5.91 Å². The summed E-state index contributed by atoms with van der Waals surface area (Å²) in [6.07, 6.45) is 3.17. The summed E-state index contributed by atoms with van der Waals surface area (Å²) < 4.78 is 30.2. The molecule has 0 aromatic heterocycles. The Morgan fingerprint density at radius 1 is 1.12 bits per heavy atom. The lowest BCUT2D eigenvalue weighted by Crippen LogP contribution is -2.44. The lowest BCUT2D eigenvalue weighted by Gasteiger charge is -2.20. The summed E-state index contributed by atoms with van der Waals surface area (Å²) >= 11 is 0. The van der Waals surface area contributed by atoms with Gasteiger partial charge in [-0.25, -0.2) is 4.79 Å². The maximum absolute atomic E-state index is 12.8. The zero-order valence-electron chi connectivity index (χ0n) is 17.3. The van der Waals surface area contributed by atoms with Gasteiger partial charge in [0.15, 0.2) is 0 Å². The molecule has 7 nitrogen and oxygen atoms in total. The van der Waals surface area contributed by atoms with Crippen LogP contribution >= 0.6 is 0 Å². The number of nitrogens with zero attached hydrogens (tertiary/aromatic N) is 1. The van der Waals surface area contributed by atoms with Gasteiger partial charge in [0.2, 0.25) is 5.91 Å². The normalized spacial score (nSPS) is 17.2. The molecule has 0 bridgehead atoms. The van der Waals surface area contributed by atoms with Gasteiger partial charge in [-0.2, -0.15) is 8.78 Å². The molecule has 2 N–H and O–H groups in total. The van der Waals surface area contributed by atoms with Crippen LogP contribution in [-0.2, 0) is 16.0 Å². The minimum Gasteiger partial charge on any atom is -0.435 e. The fraction of sp³-hybridized carbons (Fsp3) is 0.348. The minimum absolute atomic E-state index is 0.0131. The van der Waals surface area contributed by atoms with Crippen LogP contribution in [0.15, 0.2) is 48.5 Å². The second-order valence-electron chi connectivity index (χ2n) is 8.02. The number of alkyl halides is 2. The van der Waals surface area contributed by atoms with Crippen LogP contribution in [0.5, 0.6) is 5.75 Å². The number of nitrogens with one attached hydrogen (secondary N) is 2. The first-order chi connectivity index (χ1) is 15.4. The smallest absolute Gasteiger partial charge is 0.387 e. The first-order valence-corrected chi connectivity index (χ1v) is 10.4. The zero-order chi connectivity index (χ0) is 22.7. The number of urea groups is 1. The van der Waals surface area contributed by atoms with Crippen molar-refractivity contribution in [1.29, 1.82) is 0 Å². The van der Waals surface area contributed by atoms with Crippen molar-refractivity contribution in [1.82, 2.24) is 10.2 Å². The summed E-state index contributed by atoms with van der Waals surface area (Å²) in [6.45, 7) is -3.40. The Balaban J connectivity index is 1.47. The number of rotatable bonds is 7. The molecule has 1 aliphatic heterocycles. The van der Waals surface area contributed by atoms with E-state index < -0.39 is 30.6 Å². The monoisotopic (exact) mass is 443 g/mol. The van der Waals surface area contributed by atoms with Gasteiger partial charge < -0.3 is 15.4 Å². The molecular formula is C23H23F2N3O4. The Kier molecular flexibility index (Phi) is 6.07. The van der Waals surface area contributed by atoms with E-state index in [4.69, 9.17) is 0 Å². The molecule has 2 aromatic carbocycles. The van der Waals surface area contributed by atoms with E-state index in [1.54, 1.807) is 6.07 Å². The van der Waals surface area contributed by atoms with E-state index in [1.165, 1.54) is 12.1 Å². The summed E-state index contributed by atoms with van der Waals surface area (Å²) in [6, 6.07) is 13.0. The second-order valence-corrected chi connectivity index (χ2v) is 8.02. The van der Waals surface area contributed by atoms with Crippen molar-refractivity contribution in [3.05, 3.63) is 59.7 Å². The van der Waals surface area contributed by atoms with Crippen LogP contribution in [0.1, 0.15) is 36.8 Å². The largest absolute Gasteiger partial charge is 0.435 e. The van der Waals surface area contributed by atoms with E-state index in [2.05, 4.69) is 15.4 Å². The van der Waals surface area contributed by atoms with Crippen molar-refractivity contribution in [2.24, 2.45) is 0 Å². The van der Waals surface area contributed by atoms with E-state index in [1.807, 2.05) is 30.3 Å². The maximum atomic E-state index is 12.8. The van der Waals surface area contributed by atoms with Crippen molar-refractivity contribution < 1.29 is 27.9 Å². The lowest BCUT2D eigenvalue weighted by atomic mass is 9.98. The molecule has 168 valence electrons. The number of carbonyl (C=O) groups excluding carboxylic acids is 3. The molecule has 2 aromatic rings. The molecule has 2 aliphatic rings. The number of benzene rings is 2. The third kappa shape index (κ3) is 4.56. The van der Waals surface area contributed by atoms with Gasteiger partial charge in [0, 0.05) is 17.7 Å². The van der Waals surface area contributed by atoms with Crippen LogP contribution in [0.2, 0.25) is 0 Å². The van der Waals surface area contributed by atoms with Crippen molar-refractivity contribution in [3.63, 3.8) is 0 Å². The first kappa shape index (κ1) is 21.7. The van der Waals surface area contributed by atoms with Gasteiger partial charge in [-0.15, -0.1) is 0 Å². The third-order valence-corrected chi connectivity index (χ3v) is 5.80. The van der Waals surface area contributed by atoms with Gasteiger partial charge in [-0.05, 0) is 36.6 Å². The fourth-order valence-electron chi connectivity index (χ4n) is 4.30. The molecule has 9 heteroatoms. The fourth-order valence-corrected chi connectivity index (χ4v) is 4.30. The Labute approximate surface area is 183 Å². The SMILES string of the molecule is O=C(CN1C(=O)NC2(CCCC2)C1=O)Nc1ccc(OC(F)F)c(Cc2ccccc2)c1. The van der Waals surface area contributed by atoms with Gasteiger partial charge >= 0.3 is 12.6 Å². The lowest BCUT2D eigenvalue weighted by molar-refractivity contribution is -0.133. The standard InChI is InChI=1S/C23H23F2N3O4/c24-21(25)32-18-9-8-17(13-16(18)12-15-6-2-1-3-7-15)26-19(29)14-28-20(30)23(27-22(28)31)10-4-5-11-23/h1-3,6-9,13,21H,4-5,10-12,14H2,(H,26,29)(H,27,31). The number of hydrogen-bond donors (Lipinski definition) is 2. The Hall–Kier alpha value is -3.49. The number of ether oxygens (including phenoxy) is 1. The summed E-state index contributed by atoms with van der Waals surface area (Å²) in [5.74, 6) is -0.920. The van der Waals surface area contributed by atoms with Gasteiger partial charge in [0.05, 0.1) is 0 Å². The van der Waals surface area contributed by atoms with Crippen LogP contribution < -0.4 is 15.4 Å². The zero-order valence-corrected chi connectivity index (χ0v) is 17.3. The predicted molar refractivity (Wildman–Crippen MR) is 112 cm³/mol. The van der Waals surface area contributed by atoms with Crippen molar-refractivity contribution in [3.8, 4) is 5.75 Å². The van der Waals surface area contributed by atoms with Crippen LogP contribution in [0.4, 0.5) is 19.3 Å². The highest BCUT2D eigenvalue weighted by molar-refractivity contribution is 6.10. The molecule has 4 amide bonds. The van der Waals surface area contributed by atoms with Gasteiger partial charge in [0.1, 0.15) is 17.8 Å². The van der Waals surface area contributed by atoms with Crippen LogP contribution in [0.25, 0.3) is 0 Å². The predicted octanol–water partition coefficient (Wildman–Crippen LogP) is 3.68. The Morgan fingerprint density at radius 3 is 2.53 bits per heavy atom. The topological polar surface area (TPSA) is 87.7 Å². The highest BCUT2D eigenvalue weighted by atomic mass is 19.3. The summed E-state index contributed by atoms with van der Waals surface area (Å²) in [4.78, 5) is 38.5. The van der Waals surface area contributed by atoms with Crippen LogP contribution in [0.3, 0.4) is 0 Å². The highest BCUT2D eigenvalue weighted by Crippen LogP contribution is 2.35. The number of imide groups is 1.